The van der Waals surface area contributed by atoms with Gasteiger partial charge in [0.1, 0.15) is 0 Å². The van der Waals surface area contributed by atoms with E-state index in [2.05, 4.69) is 0 Å². The van der Waals surface area contributed by atoms with E-state index in [1.54, 1.807) is 0 Å². The molecule has 0 aromatic heterocycles. The summed E-state index contributed by atoms with van der Waals surface area (Å²) in [6.45, 7) is 3.88. The Morgan fingerprint density at radius 1 is 0.864 bits per heavy atom. The maximum atomic E-state index is 12.2. The zero-order valence-electron chi connectivity index (χ0n) is 12.5. The van der Waals surface area contributed by atoms with Crippen molar-refractivity contribution in [2.45, 2.75) is 26.7 Å². The normalized spacial score (nSPS) is 49.5. The second-order valence-corrected chi connectivity index (χ2v) is 7.07. The van der Waals surface area contributed by atoms with Gasteiger partial charge in [-0.2, -0.15) is 0 Å². The molecule has 8 unspecified atom stereocenters. The highest BCUT2D eigenvalue weighted by Crippen LogP contribution is 2.63. The smallest absolute Gasteiger partial charge is 0.317 e. The van der Waals surface area contributed by atoms with Crippen LogP contribution in [0.5, 0.6) is 0 Å². The van der Waals surface area contributed by atoms with Crippen LogP contribution in [0, 0.1) is 47.3 Å². The largest absolute Gasteiger partial charge is 0.393 e. The lowest BCUT2D eigenvalue weighted by atomic mass is 9.63. The number of carbonyl (C=O) groups is 4. The second kappa shape index (κ2) is 4.40. The van der Waals surface area contributed by atoms with Gasteiger partial charge in [0.05, 0.1) is 23.7 Å². The lowest BCUT2D eigenvalue weighted by Gasteiger charge is -2.36. The minimum absolute atomic E-state index is 0.0542. The molecule has 2 saturated carbocycles. The quantitative estimate of drug-likeness (QED) is 0.557. The van der Waals surface area contributed by atoms with E-state index in [9.17, 15) is 19.2 Å². The third-order valence-corrected chi connectivity index (χ3v) is 6.44. The molecule has 22 heavy (non-hydrogen) atoms. The predicted octanol–water partition coefficient (Wildman–Crippen LogP) is 0.930. The average molecular weight is 306 g/mol. The van der Waals surface area contributed by atoms with Crippen LogP contribution in [0.15, 0.2) is 0 Å². The lowest BCUT2D eigenvalue weighted by molar-refractivity contribution is -0.157. The van der Waals surface area contributed by atoms with E-state index in [4.69, 9.17) is 9.47 Å². The summed E-state index contributed by atoms with van der Waals surface area (Å²) >= 11 is 0. The predicted molar refractivity (Wildman–Crippen MR) is 70.7 cm³/mol. The molecule has 118 valence electrons. The summed E-state index contributed by atoms with van der Waals surface area (Å²) in [6.07, 6.45) is 1.31. The van der Waals surface area contributed by atoms with Gasteiger partial charge >= 0.3 is 23.9 Å². The Balaban J connectivity index is 1.70. The maximum Gasteiger partial charge on any atom is 0.317 e. The summed E-state index contributed by atoms with van der Waals surface area (Å²) in [5.41, 5.74) is 0. The number of cyclic esters (lactones) is 4. The summed E-state index contributed by atoms with van der Waals surface area (Å²) in [5, 5.41) is 0. The van der Waals surface area contributed by atoms with Crippen LogP contribution in [-0.2, 0) is 28.7 Å². The first-order valence-corrected chi connectivity index (χ1v) is 7.96. The van der Waals surface area contributed by atoms with E-state index in [1.807, 2.05) is 13.8 Å². The molecule has 4 fully saturated rings. The van der Waals surface area contributed by atoms with Gasteiger partial charge in [0.15, 0.2) is 0 Å². The zero-order valence-corrected chi connectivity index (χ0v) is 12.5. The highest BCUT2D eigenvalue weighted by molar-refractivity contribution is 5.99. The number of hydrogen-bond donors (Lipinski definition) is 0. The molecule has 2 aliphatic carbocycles. The van der Waals surface area contributed by atoms with Crippen molar-refractivity contribution in [1.29, 1.82) is 0 Å². The maximum absolute atomic E-state index is 12.2. The van der Waals surface area contributed by atoms with E-state index in [-0.39, 0.29) is 29.6 Å². The van der Waals surface area contributed by atoms with E-state index in [1.165, 1.54) is 0 Å². The molecular weight excluding hydrogens is 288 g/mol. The van der Waals surface area contributed by atoms with Crippen molar-refractivity contribution in [1.82, 2.24) is 0 Å². The zero-order chi connectivity index (χ0) is 15.8. The topological polar surface area (TPSA) is 86.7 Å². The average Bonchev–Trinajstić information content (AvgIpc) is 3.13. The fraction of sp³-hybridized carbons (Fsp3) is 0.750. The molecule has 0 amide bonds. The Hall–Kier alpha value is -1.72. The molecule has 4 aliphatic rings. The van der Waals surface area contributed by atoms with Crippen molar-refractivity contribution < 1.29 is 28.7 Å². The van der Waals surface area contributed by atoms with Gasteiger partial charge in [0.25, 0.3) is 0 Å². The molecule has 0 aromatic carbocycles. The highest BCUT2D eigenvalue weighted by Gasteiger charge is 2.68. The Labute approximate surface area is 127 Å². The summed E-state index contributed by atoms with van der Waals surface area (Å²) in [5.74, 6) is -3.41. The first-order chi connectivity index (χ1) is 10.5. The standard InChI is InChI=1S/C16H18O6/c1-3-6-10(14(18)21-13(6)17)9-5(2)7-4-8(9)12-11(7)15(19)22-16(12)20/h5-12H,3-4H2,1-2H3. The fourth-order valence-corrected chi connectivity index (χ4v) is 5.62. The molecule has 2 heterocycles. The number of fused-ring (bicyclic) bond motifs is 5. The third kappa shape index (κ3) is 1.50. The molecule has 0 aromatic rings. The van der Waals surface area contributed by atoms with Crippen molar-refractivity contribution in [3.8, 4) is 0 Å². The molecule has 0 spiro atoms. The molecule has 0 radical (unpaired) electrons. The summed E-state index contributed by atoms with van der Waals surface area (Å²) in [7, 11) is 0. The van der Waals surface area contributed by atoms with Crippen molar-refractivity contribution in [2.24, 2.45) is 47.3 Å². The Morgan fingerprint density at radius 2 is 1.41 bits per heavy atom. The van der Waals surface area contributed by atoms with E-state index >= 15 is 0 Å². The van der Waals surface area contributed by atoms with Crippen molar-refractivity contribution >= 4 is 23.9 Å². The van der Waals surface area contributed by atoms with Crippen LogP contribution < -0.4 is 0 Å². The number of rotatable bonds is 2. The Kier molecular flexibility index (Phi) is 2.78. The molecule has 6 nitrogen and oxygen atoms in total. The van der Waals surface area contributed by atoms with E-state index < -0.39 is 41.6 Å². The van der Waals surface area contributed by atoms with Gasteiger partial charge in [-0.05, 0) is 36.5 Å². The summed E-state index contributed by atoms with van der Waals surface area (Å²) in [6, 6.07) is 0. The molecule has 8 atom stereocenters. The van der Waals surface area contributed by atoms with Gasteiger partial charge in [-0.15, -0.1) is 0 Å². The number of carbonyl (C=O) groups excluding carboxylic acids is 4. The number of esters is 4. The molecule has 6 heteroatoms. The molecule has 2 aliphatic heterocycles. The van der Waals surface area contributed by atoms with Gasteiger partial charge in [-0.1, -0.05) is 13.8 Å². The minimum atomic E-state index is -0.480. The van der Waals surface area contributed by atoms with Gasteiger partial charge < -0.3 is 9.47 Å². The van der Waals surface area contributed by atoms with Crippen LogP contribution in [-0.4, -0.2) is 23.9 Å². The fourth-order valence-electron chi connectivity index (χ4n) is 5.62. The minimum Gasteiger partial charge on any atom is -0.393 e. The van der Waals surface area contributed by atoms with Crippen LogP contribution in [0.4, 0.5) is 0 Å². The number of ether oxygens (including phenoxy) is 2. The Morgan fingerprint density at radius 3 is 2.05 bits per heavy atom. The van der Waals surface area contributed by atoms with Gasteiger partial charge in [-0.25, -0.2) is 0 Å². The summed E-state index contributed by atoms with van der Waals surface area (Å²) in [4.78, 5) is 47.9. The van der Waals surface area contributed by atoms with Crippen LogP contribution in [0.1, 0.15) is 26.7 Å². The van der Waals surface area contributed by atoms with Crippen LogP contribution in [0.2, 0.25) is 0 Å². The molecule has 0 N–H and O–H groups in total. The first kappa shape index (κ1) is 13.9. The molecular formula is C16H18O6. The van der Waals surface area contributed by atoms with Crippen molar-refractivity contribution in [3.05, 3.63) is 0 Å². The molecule has 2 bridgehead atoms. The lowest BCUT2D eigenvalue weighted by Crippen LogP contribution is -2.42. The SMILES string of the molecule is CCC1C(=O)OC(=O)C1C1C(C)C2CC1C1C(=O)OC(=O)C21. The second-order valence-electron chi connectivity index (χ2n) is 7.07. The molecule has 2 saturated heterocycles. The van der Waals surface area contributed by atoms with Crippen molar-refractivity contribution in [3.63, 3.8) is 0 Å². The monoisotopic (exact) mass is 306 g/mol. The van der Waals surface area contributed by atoms with E-state index in [0.29, 0.717) is 6.42 Å². The Bertz CT molecular complexity index is 595. The van der Waals surface area contributed by atoms with Gasteiger partial charge in [-0.3, -0.25) is 19.2 Å². The van der Waals surface area contributed by atoms with Crippen molar-refractivity contribution in [2.75, 3.05) is 0 Å². The number of hydrogen-bond acceptors (Lipinski definition) is 6. The third-order valence-electron chi connectivity index (χ3n) is 6.44. The van der Waals surface area contributed by atoms with Crippen LogP contribution >= 0.6 is 0 Å². The van der Waals surface area contributed by atoms with Crippen LogP contribution in [0.25, 0.3) is 0 Å². The molecule has 4 rings (SSSR count). The van der Waals surface area contributed by atoms with Gasteiger partial charge in [0, 0.05) is 0 Å². The summed E-state index contributed by atoms with van der Waals surface area (Å²) < 4.78 is 9.65. The van der Waals surface area contributed by atoms with Gasteiger partial charge in [0.2, 0.25) is 0 Å². The van der Waals surface area contributed by atoms with Crippen LogP contribution in [0.3, 0.4) is 0 Å². The highest BCUT2D eigenvalue weighted by atomic mass is 16.6. The first-order valence-electron chi connectivity index (χ1n) is 7.96. The van der Waals surface area contributed by atoms with E-state index in [0.717, 1.165) is 6.42 Å².